The molecule has 162 valence electrons. The number of carbonyl (C=O) groups is 1. The Hall–Kier alpha value is -4.07. The molecule has 0 saturated carbocycles. The van der Waals surface area contributed by atoms with Gasteiger partial charge in [-0.25, -0.2) is 4.68 Å². The highest BCUT2D eigenvalue weighted by atomic mass is 16.6. The van der Waals surface area contributed by atoms with Crippen molar-refractivity contribution in [3.63, 3.8) is 0 Å². The van der Waals surface area contributed by atoms with Crippen LogP contribution in [0.1, 0.15) is 25.3 Å². The molecule has 0 radical (unpaired) electrons. The molecule has 2 heterocycles. The van der Waals surface area contributed by atoms with Crippen LogP contribution in [0.4, 0.5) is 0 Å². The Morgan fingerprint density at radius 3 is 2.28 bits per heavy atom. The fourth-order valence-corrected chi connectivity index (χ4v) is 4.17. The third kappa shape index (κ3) is 3.71. The lowest BCUT2D eigenvalue weighted by molar-refractivity contribution is -0.432. The smallest absolute Gasteiger partial charge is 0.315 e. The van der Waals surface area contributed by atoms with Gasteiger partial charge in [0.15, 0.2) is 0 Å². The summed E-state index contributed by atoms with van der Waals surface area (Å²) in [5.74, 6) is -2.41. The van der Waals surface area contributed by atoms with E-state index in [1.807, 2.05) is 60.7 Å². The van der Waals surface area contributed by atoms with Gasteiger partial charge in [0, 0.05) is 23.0 Å². The maximum atomic E-state index is 12.8. The molecular weight excluding hydrogens is 408 g/mol. The van der Waals surface area contributed by atoms with Crippen LogP contribution in [0.15, 0.2) is 83.2 Å². The number of hydrogen-bond donors (Lipinski definition) is 0. The predicted molar refractivity (Wildman–Crippen MR) is 120 cm³/mol. The zero-order valence-electron chi connectivity index (χ0n) is 17.9. The molecule has 0 bridgehead atoms. The van der Waals surface area contributed by atoms with Crippen molar-refractivity contribution in [1.29, 1.82) is 0 Å². The lowest BCUT2D eigenvalue weighted by atomic mass is 9.78. The summed E-state index contributed by atoms with van der Waals surface area (Å²) < 4.78 is 6.70. The molecule has 0 saturated heterocycles. The summed E-state index contributed by atoms with van der Waals surface area (Å²) in [5.41, 5.74) is 3.33. The Balaban J connectivity index is 2.00. The van der Waals surface area contributed by atoms with Gasteiger partial charge in [0.05, 0.1) is 29.3 Å². The van der Waals surface area contributed by atoms with Gasteiger partial charge in [-0.1, -0.05) is 48.5 Å². The zero-order valence-corrected chi connectivity index (χ0v) is 17.9. The molecule has 0 spiro atoms. The van der Waals surface area contributed by atoms with Gasteiger partial charge < -0.3 is 4.74 Å². The molecule has 8 nitrogen and oxygen atoms in total. The van der Waals surface area contributed by atoms with Gasteiger partial charge >= 0.3 is 5.97 Å². The molecule has 2 unspecified atom stereocenters. The molecule has 1 aliphatic heterocycles. The summed E-state index contributed by atoms with van der Waals surface area (Å²) >= 11 is 0. The number of aromatic nitrogens is 2. The summed E-state index contributed by atoms with van der Waals surface area (Å²) in [6.45, 7) is 3.28. The number of para-hydroxylation sites is 1. The molecule has 0 N–H and O–H groups in total. The van der Waals surface area contributed by atoms with Gasteiger partial charge in [-0.05, 0) is 26.0 Å². The quantitative estimate of drug-likeness (QED) is 0.339. The van der Waals surface area contributed by atoms with E-state index >= 15 is 0 Å². The van der Waals surface area contributed by atoms with Crippen molar-refractivity contribution in [3.05, 3.63) is 93.9 Å². The third-order valence-electron chi connectivity index (χ3n) is 5.59. The Kier molecular flexibility index (Phi) is 5.68. The Morgan fingerprint density at radius 2 is 1.69 bits per heavy atom. The van der Waals surface area contributed by atoms with E-state index in [1.54, 1.807) is 24.7 Å². The number of ether oxygens (including phenoxy) is 1. The van der Waals surface area contributed by atoms with Gasteiger partial charge in [0.25, 0.3) is 5.70 Å². The number of nitro groups is 1. The SMILES string of the molecule is COC(=O)C1C(C)=NC(C)=C([N+](=O)[O-])C1c1cn(-c2ccccc2)nc1-c1ccccc1. The first-order valence-corrected chi connectivity index (χ1v) is 10.1. The Morgan fingerprint density at radius 1 is 1.06 bits per heavy atom. The van der Waals surface area contributed by atoms with E-state index in [-0.39, 0.29) is 11.4 Å². The number of benzene rings is 2. The van der Waals surface area contributed by atoms with Crippen LogP contribution in [0.3, 0.4) is 0 Å². The average molecular weight is 430 g/mol. The average Bonchev–Trinajstić information content (AvgIpc) is 3.24. The second-order valence-electron chi connectivity index (χ2n) is 7.54. The van der Waals surface area contributed by atoms with Crippen LogP contribution in [-0.4, -0.2) is 33.5 Å². The largest absolute Gasteiger partial charge is 0.468 e. The second-order valence-corrected chi connectivity index (χ2v) is 7.54. The van der Waals surface area contributed by atoms with Gasteiger partial charge in [0.1, 0.15) is 11.6 Å². The van der Waals surface area contributed by atoms with E-state index in [4.69, 9.17) is 9.84 Å². The minimum Gasteiger partial charge on any atom is -0.468 e. The van der Waals surface area contributed by atoms with Crippen LogP contribution >= 0.6 is 0 Å². The predicted octanol–water partition coefficient (Wildman–Crippen LogP) is 4.39. The molecule has 2 atom stereocenters. The monoisotopic (exact) mass is 430 g/mol. The van der Waals surface area contributed by atoms with Gasteiger partial charge in [-0.15, -0.1) is 0 Å². The van der Waals surface area contributed by atoms with Crippen LogP contribution in [0.5, 0.6) is 0 Å². The topological polar surface area (TPSA) is 99.6 Å². The van der Waals surface area contributed by atoms with Crippen LogP contribution in [0.2, 0.25) is 0 Å². The number of carbonyl (C=O) groups excluding carboxylic acids is 1. The number of hydrogen-bond acceptors (Lipinski definition) is 6. The molecule has 3 aromatic rings. The van der Waals surface area contributed by atoms with Gasteiger partial charge in [-0.2, -0.15) is 5.10 Å². The fraction of sp³-hybridized carbons (Fsp3) is 0.208. The van der Waals surface area contributed by atoms with Crippen molar-refractivity contribution in [3.8, 4) is 16.9 Å². The van der Waals surface area contributed by atoms with Crippen molar-refractivity contribution >= 4 is 11.7 Å². The molecule has 0 fully saturated rings. The fourth-order valence-electron chi connectivity index (χ4n) is 4.17. The minimum absolute atomic E-state index is 0.129. The first-order valence-electron chi connectivity index (χ1n) is 10.1. The molecule has 0 amide bonds. The molecule has 32 heavy (non-hydrogen) atoms. The van der Waals surface area contributed by atoms with Crippen LogP contribution < -0.4 is 0 Å². The van der Waals surface area contributed by atoms with Crippen molar-refractivity contribution in [2.45, 2.75) is 19.8 Å². The van der Waals surface area contributed by atoms with Crippen molar-refractivity contribution in [2.24, 2.45) is 10.9 Å². The summed E-state index contributed by atoms with van der Waals surface area (Å²) in [7, 11) is 1.27. The lowest BCUT2D eigenvalue weighted by Crippen LogP contribution is -2.35. The van der Waals surface area contributed by atoms with Gasteiger partial charge in [0.2, 0.25) is 0 Å². The van der Waals surface area contributed by atoms with Crippen LogP contribution in [0.25, 0.3) is 16.9 Å². The number of nitrogens with zero attached hydrogens (tertiary/aromatic N) is 4. The molecule has 4 rings (SSSR count). The van der Waals surface area contributed by atoms with E-state index in [0.29, 0.717) is 17.0 Å². The van der Waals surface area contributed by atoms with E-state index in [9.17, 15) is 14.9 Å². The highest BCUT2D eigenvalue weighted by Crippen LogP contribution is 2.43. The molecule has 1 aliphatic rings. The number of esters is 1. The normalized spacial score (nSPS) is 18.3. The first kappa shape index (κ1) is 21.2. The number of allylic oxidation sites excluding steroid dienone is 2. The first-order chi connectivity index (χ1) is 15.4. The van der Waals surface area contributed by atoms with E-state index in [2.05, 4.69) is 4.99 Å². The van der Waals surface area contributed by atoms with E-state index in [0.717, 1.165) is 11.3 Å². The molecule has 2 aromatic carbocycles. The number of rotatable bonds is 5. The maximum Gasteiger partial charge on any atom is 0.315 e. The summed E-state index contributed by atoms with van der Waals surface area (Å²) in [6.07, 6.45) is 1.76. The number of aliphatic imine (C=N–C) groups is 1. The van der Waals surface area contributed by atoms with E-state index in [1.165, 1.54) is 7.11 Å². The lowest BCUT2D eigenvalue weighted by Gasteiger charge is -2.27. The summed E-state index contributed by atoms with van der Waals surface area (Å²) in [6, 6.07) is 18.9. The van der Waals surface area contributed by atoms with Crippen molar-refractivity contribution in [2.75, 3.05) is 7.11 Å². The number of methoxy groups -OCH3 is 1. The molecule has 0 aliphatic carbocycles. The van der Waals surface area contributed by atoms with E-state index < -0.39 is 22.7 Å². The van der Waals surface area contributed by atoms with Gasteiger partial charge in [-0.3, -0.25) is 19.9 Å². The third-order valence-corrected chi connectivity index (χ3v) is 5.59. The summed E-state index contributed by atoms with van der Waals surface area (Å²) in [5, 5.41) is 16.9. The Bertz CT molecular complexity index is 1230. The van der Waals surface area contributed by atoms with Crippen LogP contribution in [0, 0.1) is 16.0 Å². The molecule has 1 aromatic heterocycles. The Labute approximate surface area is 185 Å². The van der Waals surface area contributed by atoms with Crippen molar-refractivity contribution < 1.29 is 14.5 Å². The highest BCUT2D eigenvalue weighted by molar-refractivity contribution is 6.03. The van der Waals surface area contributed by atoms with Crippen molar-refractivity contribution in [1.82, 2.24) is 9.78 Å². The standard InChI is InChI=1S/C24H22N4O4/c1-15-20(24(29)32-3)21(23(28(30)31)16(2)25-15)19-14-27(18-12-8-5-9-13-18)26-22(19)17-10-6-4-7-11-17/h4-14,20-21H,1-3H3. The maximum absolute atomic E-state index is 12.8. The highest BCUT2D eigenvalue weighted by Gasteiger charge is 2.46. The molecule has 8 heteroatoms. The van der Waals surface area contributed by atoms with Crippen LogP contribution in [-0.2, 0) is 9.53 Å². The minimum atomic E-state index is -0.931. The zero-order chi connectivity index (χ0) is 22.8. The second kappa shape index (κ2) is 8.58. The summed E-state index contributed by atoms with van der Waals surface area (Å²) in [4.78, 5) is 28.8. The molecular formula is C24H22N4O4.